The highest BCUT2D eigenvalue weighted by atomic mass is 16.5. The molecule has 0 bridgehead atoms. The van der Waals surface area contributed by atoms with Gasteiger partial charge in [0.25, 0.3) is 5.91 Å². The summed E-state index contributed by atoms with van der Waals surface area (Å²) in [6.07, 6.45) is 1.05. The second-order valence-corrected chi connectivity index (χ2v) is 1.37. The quantitative estimate of drug-likeness (QED) is 0.318. The van der Waals surface area contributed by atoms with Gasteiger partial charge in [-0.25, -0.2) is 5.32 Å². The molecule has 1 rings (SSSR count). The number of aliphatic imine (C=N–C) groups is 1. The topological polar surface area (TPSA) is 64.8 Å². The fraction of sp³-hybridized carbons (Fsp3) is 0.667. The van der Waals surface area contributed by atoms with Gasteiger partial charge in [0.05, 0.1) is 12.9 Å². The fourth-order valence-corrected chi connectivity index (χ4v) is 0.381. The van der Waals surface area contributed by atoms with E-state index < -0.39 is 5.91 Å². The van der Waals surface area contributed by atoms with Gasteiger partial charge in [-0.2, -0.15) is 0 Å². The fourth-order valence-electron chi connectivity index (χ4n) is 0.381. The molecule has 7 heavy (non-hydrogen) atoms. The first-order valence-electron chi connectivity index (χ1n) is 1.91. The minimum absolute atomic E-state index is 0.285. The van der Waals surface area contributed by atoms with Crippen molar-refractivity contribution in [1.82, 2.24) is 5.32 Å². The van der Waals surface area contributed by atoms with E-state index in [1.165, 1.54) is 0 Å². The Morgan fingerprint density at radius 3 is 2.57 bits per heavy atom. The van der Waals surface area contributed by atoms with Gasteiger partial charge in [-0.15, -0.1) is 0 Å². The molecule has 1 aliphatic heterocycles. The SMILES string of the molecule is OC1(O)C=NCN1. The first kappa shape index (κ1) is 4.70. The molecule has 0 saturated heterocycles. The predicted molar refractivity (Wildman–Crippen MR) is 23.7 cm³/mol. The zero-order chi connectivity index (χ0) is 5.33. The highest BCUT2D eigenvalue weighted by Crippen LogP contribution is 1.93. The minimum Gasteiger partial charge on any atom is -0.349 e. The van der Waals surface area contributed by atoms with E-state index in [4.69, 9.17) is 10.2 Å². The van der Waals surface area contributed by atoms with E-state index in [2.05, 4.69) is 10.3 Å². The van der Waals surface area contributed by atoms with Crippen LogP contribution in [0.4, 0.5) is 0 Å². The lowest BCUT2D eigenvalue weighted by molar-refractivity contribution is -0.113. The molecule has 4 nitrogen and oxygen atoms in total. The van der Waals surface area contributed by atoms with Gasteiger partial charge in [0.2, 0.25) is 0 Å². The number of aliphatic hydroxyl groups is 2. The van der Waals surface area contributed by atoms with Crippen molar-refractivity contribution in [3.8, 4) is 0 Å². The number of rotatable bonds is 0. The van der Waals surface area contributed by atoms with Crippen molar-refractivity contribution in [2.24, 2.45) is 4.99 Å². The van der Waals surface area contributed by atoms with E-state index in [1.807, 2.05) is 0 Å². The standard InChI is InChI=1S/C3H6N2O2/c6-3(7)1-4-2-5-3/h1,5-7H,2H2. The maximum atomic E-state index is 8.49. The van der Waals surface area contributed by atoms with Crippen LogP contribution in [0.25, 0.3) is 0 Å². The van der Waals surface area contributed by atoms with Gasteiger partial charge in [0.15, 0.2) is 0 Å². The summed E-state index contributed by atoms with van der Waals surface area (Å²) in [5.41, 5.74) is 0. The van der Waals surface area contributed by atoms with Gasteiger partial charge < -0.3 is 10.2 Å². The summed E-state index contributed by atoms with van der Waals surface area (Å²) in [6.45, 7) is 0.285. The Morgan fingerprint density at radius 2 is 2.43 bits per heavy atom. The van der Waals surface area contributed by atoms with Crippen molar-refractivity contribution in [3.05, 3.63) is 0 Å². The molecule has 0 spiro atoms. The average Bonchev–Trinajstić information content (AvgIpc) is 1.84. The molecule has 1 heterocycles. The highest BCUT2D eigenvalue weighted by Gasteiger charge is 2.21. The summed E-state index contributed by atoms with van der Waals surface area (Å²) in [6, 6.07) is 0. The van der Waals surface area contributed by atoms with Gasteiger partial charge in [0, 0.05) is 0 Å². The van der Waals surface area contributed by atoms with Crippen LogP contribution >= 0.6 is 0 Å². The van der Waals surface area contributed by atoms with E-state index in [0.29, 0.717) is 0 Å². The third kappa shape index (κ3) is 0.957. The average molecular weight is 102 g/mol. The Balaban J connectivity index is 2.57. The Bertz CT molecular complexity index is 99.1. The molecule has 0 aromatic rings. The zero-order valence-electron chi connectivity index (χ0n) is 3.63. The molecule has 0 amide bonds. The molecule has 0 aliphatic carbocycles. The summed E-state index contributed by atoms with van der Waals surface area (Å²) in [7, 11) is 0. The summed E-state index contributed by atoms with van der Waals surface area (Å²) >= 11 is 0. The van der Waals surface area contributed by atoms with E-state index in [9.17, 15) is 0 Å². The van der Waals surface area contributed by atoms with Crippen LogP contribution in [0, 0.1) is 0 Å². The van der Waals surface area contributed by atoms with Gasteiger partial charge >= 0.3 is 0 Å². The van der Waals surface area contributed by atoms with Crippen LogP contribution in [0.15, 0.2) is 4.99 Å². The zero-order valence-corrected chi connectivity index (χ0v) is 3.63. The molecule has 0 atom stereocenters. The van der Waals surface area contributed by atoms with E-state index in [0.717, 1.165) is 6.21 Å². The third-order valence-electron chi connectivity index (χ3n) is 0.702. The van der Waals surface area contributed by atoms with Gasteiger partial charge in [0.1, 0.15) is 0 Å². The Hall–Kier alpha value is -0.450. The molecular formula is C3H6N2O2. The molecule has 0 radical (unpaired) electrons. The molecule has 3 N–H and O–H groups in total. The number of nitrogens with one attached hydrogen (secondary N) is 1. The first-order chi connectivity index (χ1) is 3.21. The molecule has 1 aliphatic rings. The molecule has 0 aromatic heterocycles. The molecular weight excluding hydrogens is 96.0 g/mol. The third-order valence-corrected chi connectivity index (χ3v) is 0.702. The normalized spacial score (nSPS) is 26.0. The molecule has 4 heteroatoms. The van der Waals surface area contributed by atoms with Crippen molar-refractivity contribution < 1.29 is 10.2 Å². The Labute approximate surface area is 40.5 Å². The summed E-state index contributed by atoms with van der Waals surface area (Å²) < 4.78 is 0. The van der Waals surface area contributed by atoms with Crippen LogP contribution in [0.3, 0.4) is 0 Å². The second-order valence-electron chi connectivity index (χ2n) is 1.37. The highest BCUT2D eigenvalue weighted by molar-refractivity contribution is 5.66. The summed E-state index contributed by atoms with van der Waals surface area (Å²) in [4.78, 5) is 3.50. The molecule has 0 unspecified atom stereocenters. The number of nitrogens with zero attached hydrogens (tertiary/aromatic N) is 1. The van der Waals surface area contributed by atoms with Gasteiger partial charge in [-0.3, -0.25) is 4.99 Å². The van der Waals surface area contributed by atoms with Crippen molar-refractivity contribution in [1.29, 1.82) is 0 Å². The summed E-state index contributed by atoms with van der Waals surface area (Å²) in [5, 5.41) is 19.3. The first-order valence-corrected chi connectivity index (χ1v) is 1.91. The second kappa shape index (κ2) is 1.26. The molecule has 0 aromatic carbocycles. The molecule has 0 fully saturated rings. The number of hydrogen-bond acceptors (Lipinski definition) is 4. The summed E-state index contributed by atoms with van der Waals surface area (Å²) in [5.74, 6) is -1.85. The monoisotopic (exact) mass is 102 g/mol. The van der Waals surface area contributed by atoms with Gasteiger partial charge in [-0.1, -0.05) is 0 Å². The van der Waals surface area contributed by atoms with Crippen LogP contribution in [0.2, 0.25) is 0 Å². The van der Waals surface area contributed by atoms with Crippen LogP contribution in [-0.4, -0.2) is 29.0 Å². The van der Waals surface area contributed by atoms with Crippen molar-refractivity contribution >= 4 is 6.21 Å². The largest absolute Gasteiger partial charge is 0.349 e. The Morgan fingerprint density at radius 1 is 1.71 bits per heavy atom. The lowest BCUT2D eigenvalue weighted by Crippen LogP contribution is -2.41. The van der Waals surface area contributed by atoms with Crippen molar-refractivity contribution in [3.63, 3.8) is 0 Å². The minimum atomic E-state index is -1.85. The molecule has 40 valence electrons. The molecule has 0 saturated carbocycles. The predicted octanol–water partition coefficient (Wildman–Crippen LogP) is -1.74. The van der Waals surface area contributed by atoms with Crippen LogP contribution in [0.1, 0.15) is 0 Å². The lowest BCUT2D eigenvalue weighted by Gasteiger charge is -2.08. The Kier molecular flexibility index (Phi) is 0.846. The van der Waals surface area contributed by atoms with Crippen molar-refractivity contribution in [2.75, 3.05) is 6.67 Å². The number of hydrogen-bond donors (Lipinski definition) is 3. The lowest BCUT2D eigenvalue weighted by atomic mass is 10.6. The smallest absolute Gasteiger partial charge is 0.262 e. The van der Waals surface area contributed by atoms with Crippen LogP contribution < -0.4 is 5.32 Å². The van der Waals surface area contributed by atoms with Crippen molar-refractivity contribution in [2.45, 2.75) is 5.91 Å². The maximum Gasteiger partial charge on any atom is 0.262 e. The van der Waals surface area contributed by atoms with Crippen LogP contribution in [0.5, 0.6) is 0 Å². The maximum absolute atomic E-state index is 8.49. The van der Waals surface area contributed by atoms with E-state index in [1.54, 1.807) is 0 Å². The van der Waals surface area contributed by atoms with Gasteiger partial charge in [-0.05, 0) is 0 Å². The van der Waals surface area contributed by atoms with E-state index in [-0.39, 0.29) is 6.67 Å². The van der Waals surface area contributed by atoms with E-state index >= 15 is 0 Å². The van der Waals surface area contributed by atoms with Crippen LogP contribution in [-0.2, 0) is 0 Å².